The van der Waals surface area contributed by atoms with Crippen molar-refractivity contribution in [2.75, 3.05) is 59.4 Å². The Labute approximate surface area is 183 Å². The minimum atomic E-state index is -0.134. The average molecular weight is 432 g/mol. The van der Waals surface area contributed by atoms with E-state index < -0.39 is 0 Å². The van der Waals surface area contributed by atoms with Gasteiger partial charge in [0.25, 0.3) is 0 Å². The van der Waals surface area contributed by atoms with Crippen molar-refractivity contribution in [1.82, 2.24) is 19.4 Å². The second kappa shape index (κ2) is 10.4. The Kier molecular flexibility index (Phi) is 7.62. The van der Waals surface area contributed by atoms with Crippen LogP contribution in [0, 0.1) is 0 Å². The van der Waals surface area contributed by atoms with Gasteiger partial charge in [0.1, 0.15) is 5.82 Å². The number of methoxy groups -OCH3 is 3. The van der Waals surface area contributed by atoms with Gasteiger partial charge < -0.3 is 29.0 Å². The Morgan fingerprint density at radius 1 is 1.03 bits per heavy atom. The van der Waals surface area contributed by atoms with Crippen molar-refractivity contribution in [3.05, 3.63) is 30.4 Å². The van der Waals surface area contributed by atoms with E-state index in [2.05, 4.69) is 33.6 Å². The first-order chi connectivity index (χ1) is 15.0. The molecule has 1 aliphatic rings. The number of carbonyl (C=O) groups excluding carboxylic acids is 1. The molecule has 2 heterocycles. The number of hydrogen-bond acceptors (Lipinski definition) is 6. The highest BCUT2D eigenvalue weighted by Crippen LogP contribution is 2.40. The molecule has 3 rings (SSSR count). The summed E-state index contributed by atoms with van der Waals surface area (Å²) in [7, 11) is 4.65. The van der Waals surface area contributed by atoms with E-state index in [1.54, 1.807) is 33.5 Å². The summed E-state index contributed by atoms with van der Waals surface area (Å²) < 4.78 is 18.3. The van der Waals surface area contributed by atoms with Gasteiger partial charge in [0, 0.05) is 69.7 Å². The van der Waals surface area contributed by atoms with Gasteiger partial charge in [0.15, 0.2) is 11.5 Å². The molecule has 1 N–H and O–H groups in total. The highest BCUT2D eigenvalue weighted by atomic mass is 16.5. The molecular formula is C22H33N5O4. The van der Waals surface area contributed by atoms with Crippen LogP contribution in [-0.2, 0) is 6.54 Å². The highest BCUT2D eigenvalue weighted by molar-refractivity contribution is 5.90. The van der Waals surface area contributed by atoms with Gasteiger partial charge in [-0.3, -0.25) is 4.90 Å². The smallest absolute Gasteiger partial charge is 0.321 e. The Bertz CT molecular complexity index is 850. The first kappa shape index (κ1) is 22.7. The SMILES string of the molecule is COc1cc(NC(=O)N2CCN(CCn3ccnc3C(C)C)CC2)cc(OC)c1OC. The fraction of sp³-hybridized carbons (Fsp3) is 0.545. The van der Waals surface area contributed by atoms with E-state index in [0.29, 0.717) is 41.9 Å². The number of aromatic nitrogens is 2. The Hall–Kier alpha value is -2.94. The van der Waals surface area contributed by atoms with Crippen molar-refractivity contribution >= 4 is 11.7 Å². The monoisotopic (exact) mass is 431 g/mol. The molecule has 1 aromatic heterocycles. The Balaban J connectivity index is 1.53. The molecular weight excluding hydrogens is 398 g/mol. The maximum absolute atomic E-state index is 12.8. The molecule has 0 unspecified atom stereocenters. The number of hydrogen-bond donors (Lipinski definition) is 1. The molecule has 1 aliphatic heterocycles. The summed E-state index contributed by atoms with van der Waals surface area (Å²) in [5.41, 5.74) is 0.600. The van der Waals surface area contributed by atoms with Gasteiger partial charge in [0.05, 0.1) is 27.0 Å². The summed E-state index contributed by atoms with van der Waals surface area (Å²) in [4.78, 5) is 21.4. The minimum absolute atomic E-state index is 0.134. The number of carbonyl (C=O) groups is 1. The van der Waals surface area contributed by atoms with Gasteiger partial charge in [-0.15, -0.1) is 0 Å². The van der Waals surface area contributed by atoms with Crippen molar-refractivity contribution in [1.29, 1.82) is 0 Å². The lowest BCUT2D eigenvalue weighted by atomic mass is 10.2. The van der Waals surface area contributed by atoms with E-state index in [9.17, 15) is 4.79 Å². The predicted octanol–water partition coefficient (Wildman–Crippen LogP) is 2.88. The molecule has 9 heteroatoms. The third kappa shape index (κ3) is 5.41. The van der Waals surface area contributed by atoms with Crippen LogP contribution in [0.25, 0.3) is 0 Å². The van der Waals surface area contributed by atoms with Crippen LogP contribution in [0.4, 0.5) is 10.5 Å². The maximum atomic E-state index is 12.8. The first-order valence-electron chi connectivity index (χ1n) is 10.6. The third-order valence-electron chi connectivity index (χ3n) is 5.50. The lowest BCUT2D eigenvalue weighted by Crippen LogP contribution is -2.50. The quantitative estimate of drug-likeness (QED) is 0.692. The summed E-state index contributed by atoms with van der Waals surface area (Å²) in [6, 6.07) is 3.32. The van der Waals surface area contributed by atoms with Gasteiger partial charge in [0.2, 0.25) is 5.75 Å². The normalized spacial score (nSPS) is 14.6. The summed E-state index contributed by atoms with van der Waals surface area (Å²) in [6.07, 6.45) is 3.90. The van der Waals surface area contributed by atoms with E-state index in [-0.39, 0.29) is 6.03 Å². The van der Waals surface area contributed by atoms with Crippen LogP contribution in [-0.4, -0.2) is 79.4 Å². The lowest BCUT2D eigenvalue weighted by Gasteiger charge is -2.34. The molecule has 170 valence electrons. The van der Waals surface area contributed by atoms with Gasteiger partial charge in [-0.1, -0.05) is 13.8 Å². The molecule has 0 atom stereocenters. The summed E-state index contributed by atoms with van der Waals surface area (Å²) >= 11 is 0. The molecule has 1 aromatic carbocycles. The molecule has 2 aromatic rings. The van der Waals surface area contributed by atoms with Crippen LogP contribution in [0.15, 0.2) is 24.5 Å². The number of nitrogens with one attached hydrogen (secondary N) is 1. The maximum Gasteiger partial charge on any atom is 0.321 e. The number of piperazine rings is 1. The number of amides is 2. The third-order valence-corrected chi connectivity index (χ3v) is 5.50. The second-order valence-corrected chi connectivity index (χ2v) is 7.81. The molecule has 1 fully saturated rings. The molecule has 0 radical (unpaired) electrons. The Morgan fingerprint density at radius 2 is 1.68 bits per heavy atom. The predicted molar refractivity (Wildman–Crippen MR) is 119 cm³/mol. The minimum Gasteiger partial charge on any atom is -0.493 e. The number of anilines is 1. The fourth-order valence-electron chi connectivity index (χ4n) is 3.79. The van der Waals surface area contributed by atoms with Crippen molar-refractivity contribution in [2.24, 2.45) is 0 Å². The standard InChI is InChI=1S/C22H33N5O4/c1-16(2)21-23-6-7-26(21)11-8-25-9-12-27(13-10-25)22(28)24-17-14-18(29-3)20(31-5)19(15-17)30-4/h6-7,14-16H,8-13H2,1-5H3,(H,24,28). The molecule has 9 nitrogen and oxygen atoms in total. The second-order valence-electron chi connectivity index (χ2n) is 7.81. The average Bonchev–Trinajstić information content (AvgIpc) is 3.26. The van der Waals surface area contributed by atoms with Crippen LogP contribution in [0.3, 0.4) is 0 Å². The van der Waals surface area contributed by atoms with Gasteiger partial charge >= 0.3 is 6.03 Å². The molecule has 0 aliphatic carbocycles. The topological polar surface area (TPSA) is 81.1 Å². The van der Waals surface area contributed by atoms with Crippen LogP contribution >= 0.6 is 0 Å². The molecule has 1 saturated heterocycles. The van der Waals surface area contributed by atoms with E-state index in [1.165, 1.54) is 0 Å². The lowest BCUT2D eigenvalue weighted by molar-refractivity contribution is 0.144. The van der Waals surface area contributed by atoms with Crippen molar-refractivity contribution in [3.63, 3.8) is 0 Å². The van der Waals surface area contributed by atoms with E-state index in [0.717, 1.165) is 32.0 Å². The summed E-state index contributed by atoms with van der Waals surface area (Å²) in [6.45, 7) is 9.20. The Morgan fingerprint density at radius 3 is 2.23 bits per heavy atom. The van der Waals surface area contributed by atoms with E-state index in [1.807, 2.05) is 17.3 Å². The zero-order chi connectivity index (χ0) is 22.4. The van der Waals surface area contributed by atoms with Crippen LogP contribution in [0.1, 0.15) is 25.6 Å². The molecule has 0 spiro atoms. The summed E-state index contributed by atoms with van der Waals surface area (Å²) in [5, 5.41) is 2.94. The number of rotatable bonds is 8. The van der Waals surface area contributed by atoms with Crippen LogP contribution in [0.2, 0.25) is 0 Å². The number of imidazole rings is 1. The largest absolute Gasteiger partial charge is 0.493 e. The van der Waals surface area contributed by atoms with Crippen LogP contribution in [0.5, 0.6) is 17.2 Å². The highest BCUT2D eigenvalue weighted by Gasteiger charge is 2.22. The number of nitrogens with zero attached hydrogens (tertiary/aromatic N) is 4. The molecule has 0 bridgehead atoms. The fourth-order valence-corrected chi connectivity index (χ4v) is 3.79. The van der Waals surface area contributed by atoms with Crippen molar-refractivity contribution in [2.45, 2.75) is 26.3 Å². The van der Waals surface area contributed by atoms with E-state index >= 15 is 0 Å². The van der Waals surface area contributed by atoms with Gasteiger partial charge in [-0.05, 0) is 0 Å². The molecule has 31 heavy (non-hydrogen) atoms. The number of urea groups is 1. The number of ether oxygens (including phenoxy) is 3. The summed E-state index contributed by atoms with van der Waals surface area (Å²) in [5.74, 6) is 3.02. The molecule has 2 amide bonds. The zero-order valence-electron chi connectivity index (χ0n) is 19.1. The van der Waals surface area contributed by atoms with E-state index in [4.69, 9.17) is 14.2 Å². The van der Waals surface area contributed by atoms with Crippen molar-refractivity contribution < 1.29 is 19.0 Å². The van der Waals surface area contributed by atoms with Gasteiger partial charge in [-0.2, -0.15) is 0 Å². The van der Waals surface area contributed by atoms with Crippen LogP contribution < -0.4 is 19.5 Å². The number of benzene rings is 1. The van der Waals surface area contributed by atoms with Crippen molar-refractivity contribution in [3.8, 4) is 17.2 Å². The van der Waals surface area contributed by atoms with Gasteiger partial charge in [-0.25, -0.2) is 9.78 Å². The molecule has 0 saturated carbocycles. The zero-order valence-corrected chi connectivity index (χ0v) is 19.1. The first-order valence-corrected chi connectivity index (χ1v) is 10.6.